The van der Waals surface area contributed by atoms with Crippen LogP contribution in [0.15, 0.2) is 5.38 Å². The van der Waals surface area contributed by atoms with Crippen LogP contribution in [-0.4, -0.2) is 35.8 Å². The van der Waals surface area contributed by atoms with Gasteiger partial charge < -0.3 is 15.4 Å². The van der Waals surface area contributed by atoms with Crippen LogP contribution in [0.2, 0.25) is 0 Å². The van der Waals surface area contributed by atoms with Crippen LogP contribution in [0.5, 0.6) is 0 Å². The van der Waals surface area contributed by atoms with Crippen molar-refractivity contribution < 1.29 is 9.53 Å². The molecule has 2 fully saturated rings. The first-order chi connectivity index (χ1) is 11.2. The Labute approximate surface area is 142 Å². The third-order valence-electron chi connectivity index (χ3n) is 4.86. The smallest absolute Gasteiger partial charge is 0.315 e. The molecule has 2 N–H and O–H groups in total. The number of thiazole rings is 1. The minimum atomic E-state index is -0.0413. The zero-order valence-electron chi connectivity index (χ0n) is 13.9. The number of carbonyl (C=O) groups is 1. The molecule has 1 aliphatic heterocycles. The summed E-state index contributed by atoms with van der Waals surface area (Å²) in [5, 5.41) is 9.32. The first-order valence-electron chi connectivity index (χ1n) is 8.75. The Hall–Kier alpha value is -1.14. The first kappa shape index (κ1) is 16.7. The van der Waals surface area contributed by atoms with Crippen molar-refractivity contribution in [2.24, 2.45) is 0 Å². The van der Waals surface area contributed by atoms with Crippen LogP contribution in [0.25, 0.3) is 0 Å². The van der Waals surface area contributed by atoms with Crippen molar-refractivity contribution in [3.05, 3.63) is 16.1 Å². The molecule has 0 unspecified atom stereocenters. The van der Waals surface area contributed by atoms with Crippen molar-refractivity contribution in [1.82, 2.24) is 15.6 Å². The molecule has 6 heteroatoms. The third kappa shape index (κ3) is 4.67. The third-order valence-corrected chi connectivity index (χ3v) is 5.89. The molecular weight excluding hydrogens is 310 g/mol. The molecular formula is C17H27N3O2S. The molecule has 2 amide bonds. The molecule has 0 aromatic carbocycles. The molecule has 1 aromatic rings. The van der Waals surface area contributed by atoms with Gasteiger partial charge >= 0.3 is 6.03 Å². The van der Waals surface area contributed by atoms with Crippen molar-refractivity contribution in [1.29, 1.82) is 0 Å². The average molecular weight is 337 g/mol. The second kappa shape index (κ2) is 7.62. The van der Waals surface area contributed by atoms with E-state index in [9.17, 15) is 4.79 Å². The van der Waals surface area contributed by atoms with Gasteiger partial charge in [0, 0.05) is 36.7 Å². The molecule has 1 spiro atoms. The summed E-state index contributed by atoms with van der Waals surface area (Å²) >= 11 is 1.69. The van der Waals surface area contributed by atoms with Crippen LogP contribution in [-0.2, 0) is 11.2 Å². The number of carbonyl (C=O) groups excluding carboxylic acids is 1. The second-order valence-corrected chi connectivity index (χ2v) is 7.76. The number of rotatable bonds is 5. The number of aryl methyl sites for hydroxylation is 2. The predicted molar refractivity (Wildman–Crippen MR) is 91.9 cm³/mol. The molecule has 23 heavy (non-hydrogen) atoms. The lowest BCUT2D eigenvalue weighted by Crippen LogP contribution is -2.50. The normalized spacial score (nSPS) is 23.1. The van der Waals surface area contributed by atoms with Gasteiger partial charge in [0.15, 0.2) is 0 Å². The van der Waals surface area contributed by atoms with E-state index in [2.05, 4.69) is 21.0 Å². The molecule has 5 nitrogen and oxygen atoms in total. The van der Waals surface area contributed by atoms with Crippen molar-refractivity contribution in [2.75, 3.05) is 13.2 Å². The van der Waals surface area contributed by atoms with E-state index in [0.29, 0.717) is 6.54 Å². The van der Waals surface area contributed by atoms with Crippen LogP contribution in [0.3, 0.4) is 0 Å². The predicted octanol–water partition coefficient (Wildman–Crippen LogP) is 3.18. The number of aromatic nitrogens is 1. The molecule has 1 saturated heterocycles. The van der Waals surface area contributed by atoms with E-state index in [4.69, 9.17) is 4.74 Å². The number of amides is 2. The fourth-order valence-electron chi connectivity index (χ4n) is 3.71. The monoisotopic (exact) mass is 337 g/mol. The van der Waals surface area contributed by atoms with E-state index >= 15 is 0 Å². The van der Waals surface area contributed by atoms with E-state index in [1.807, 2.05) is 6.92 Å². The van der Waals surface area contributed by atoms with E-state index < -0.39 is 0 Å². The average Bonchev–Trinajstić information content (AvgIpc) is 3.13. The summed E-state index contributed by atoms with van der Waals surface area (Å²) in [6.07, 6.45) is 8.58. The van der Waals surface area contributed by atoms with Gasteiger partial charge in [0.25, 0.3) is 0 Å². The van der Waals surface area contributed by atoms with Gasteiger partial charge in [-0.3, -0.25) is 0 Å². The van der Waals surface area contributed by atoms with E-state index in [1.165, 1.54) is 12.8 Å². The Kier molecular flexibility index (Phi) is 5.54. The maximum atomic E-state index is 12.1. The van der Waals surface area contributed by atoms with Gasteiger partial charge in [-0.1, -0.05) is 12.8 Å². The summed E-state index contributed by atoms with van der Waals surface area (Å²) in [5.74, 6) is 0. The maximum absolute atomic E-state index is 12.1. The molecule has 3 rings (SSSR count). The SMILES string of the molecule is Cc1csc(CCCNC(=O)N[C@@H]2CCOC3(CCCC3)C2)n1. The zero-order chi connectivity index (χ0) is 16.1. The highest BCUT2D eigenvalue weighted by atomic mass is 32.1. The highest BCUT2D eigenvalue weighted by Crippen LogP contribution is 2.39. The molecule has 0 radical (unpaired) electrons. The molecule has 2 heterocycles. The van der Waals surface area contributed by atoms with E-state index in [1.54, 1.807) is 11.3 Å². The maximum Gasteiger partial charge on any atom is 0.315 e. The lowest BCUT2D eigenvalue weighted by Gasteiger charge is -2.38. The van der Waals surface area contributed by atoms with Gasteiger partial charge in [0.2, 0.25) is 0 Å². The molecule has 1 saturated carbocycles. The van der Waals surface area contributed by atoms with Gasteiger partial charge in [-0.25, -0.2) is 9.78 Å². The molecule has 128 valence electrons. The van der Waals surface area contributed by atoms with Crippen LogP contribution < -0.4 is 10.6 Å². The van der Waals surface area contributed by atoms with Crippen LogP contribution in [0.4, 0.5) is 4.79 Å². The molecule has 1 atom stereocenters. The number of hydrogen-bond acceptors (Lipinski definition) is 4. The number of urea groups is 1. The molecule has 1 aliphatic carbocycles. The van der Waals surface area contributed by atoms with Crippen LogP contribution in [0.1, 0.15) is 55.6 Å². The Morgan fingerprint density at radius 1 is 1.48 bits per heavy atom. The Morgan fingerprint density at radius 3 is 3.04 bits per heavy atom. The second-order valence-electron chi connectivity index (χ2n) is 6.81. The van der Waals surface area contributed by atoms with Crippen molar-refractivity contribution in [3.8, 4) is 0 Å². The fourth-order valence-corrected chi connectivity index (χ4v) is 4.53. The van der Waals surface area contributed by atoms with Gasteiger partial charge in [-0.05, 0) is 39.0 Å². The van der Waals surface area contributed by atoms with Crippen LogP contribution >= 0.6 is 11.3 Å². The fraction of sp³-hybridized carbons (Fsp3) is 0.765. The standard InChI is InChI=1S/C17H27N3O2S/c1-13-12-23-15(19-13)5-4-9-18-16(21)20-14-6-10-22-17(11-14)7-2-3-8-17/h12,14H,2-11H2,1H3,(H2,18,20,21)/t14-/m1/s1. The number of hydrogen-bond donors (Lipinski definition) is 2. The first-order valence-corrected chi connectivity index (χ1v) is 9.63. The summed E-state index contributed by atoms with van der Waals surface area (Å²) in [6, 6.07) is 0.212. The van der Waals surface area contributed by atoms with Crippen molar-refractivity contribution in [2.45, 2.75) is 69.9 Å². The molecule has 1 aromatic heterocycles. The zero-order valence-corrected chi connectivity index (χ0v) is 14.7. The highest BCUT2D eigenvalue weighted by Gasteiger charge is 2.40. The Bertz CT molecular complexity index is 526. The largest absolute Gasteiger partial charge is 0.375 e. The van der Waals surface area contributed by atoms with Crippen molar-refractivity contribution in [3.63, 3.8) is 0 Å². The summed E-state index contributed by atoms with van der Waals surface area (Å²) in [7, 11) is 0. The van der Waals surface area contributed by atoms with Gasteiger partial charge in [0.1, 0.15) is 0 Å². The number of nitrogens with zero attached hydrogens (tertiary/aromatic N) is 1. The molecule has 2 aliphatic rings. The number of nitrogens with one attached hydrogen (secondary N) is 2. The van der Waals surface area contributed by atoms with Gasteiger partial charge in [-0.15, -0.1) is 11.3 Å². The van der Waals surface area contributed by atoms with E-state index in [0.717, 1.165) is 55.8 Å². The minimum absolute atomic E-state index is 0.0413. The molecule has 0 bridgehead atoms. The summed E-state index contributed by atoms with van der Waals surface area (Å²) in [4.78, 5) is 16.5. The Balaban J connectivity index is 1.34. The van der Waals surface area contributed by atoms with Crippen molar-refractivity contribution >= 4 is 17.4 Å². The lowest BCUT2D eigenvalue weighted by atomic mass is 9.89. The highest BCUT2D eigenvalue weighted by molar-refractivity contribution is 7.09. The van der Waals surface area contributed by atoms with E-state index in [-0.39, 0.29) is 17.7 Å². The summed E-state index contributed by atoms with van der Waals surface area (Å²) in [5.41, 5.74) is 1.13. The van der Waals surface area contributed by atoms with Gasteiger partial charge in [0.05, 0.1) is 10.6 Å². The summed E-state index contributed by atoms with van der Waals surface area (Å²) < 4.78 is 6.01. The lowest BCUT2D eigenvalue weighted by molar-refractivity contribution is -0.0820. The number of ether oxygens (including phenoxy) is 1. The van der Waals surface area contributed by atoms with Crippen LogP contribution in [0, 0.1) is 6.92 Å². The topological polar surface area (TPSA) is 63.2 Å². The minimum Gasteiger partial charge on any atom is -0.375 e. The summed E-state index contributed by atoms with van der Waals surface area (Å²) in [6.45, 7) is 3.48. The van der Waals surface area contributed by atoms with Gasteiger partial charge in [-0.2, -0.15) is 0 Å². The quantitative estimate of drug-likeness (QED) is 0.811. The Morgan fingerprint density at radius 2 is 2.30 bits per heavy atom.